The van der Waals surface area contributed by atoms with Crippen LogP contribution < -0.4 is 20.5 Å². The topological polar surface area (TPSA) is 88.8 Å². The number of nitrogens with two attached hydrogens (primary N) is 1. The summed E-state index contributed by atoms with van der Waals surface area (Å²) in [6, 6.07) is 32.0. The molecule has 3 N–H and O–H groups in total. The quantitative estimate of drug-likeness (QED) is 0.105. The first-order valence-corrected chi connectivity index (χ1v) is 17.5. The minimum Gasteiger partial charge on any atom is -0.485 e. The maximum absolute atomic E-state index is 6.38. The van der Waals surface area contributed by atoms with Crippen LogP contribution in [0.25, 0.3) is 23.1 Å². The molecule has 0 radical (unpaired) electrons. The van der Waals surface area contributed by atoms with E-state index in [1.54, 1.807) is 0 Å². The van der Waals surface area contributed by atoms with Crippen LogP contribution in [0.15, 0.2) is 97.1 Å². The number of nitrogens with zero attached hydrogens (tertiary/aromatic N) is 4. The number of nitrogens with one attached hydrogen (secondary N) is 1. The van der Waals surface area contributed by atoms with E-state index in [0.717, 1.165) is 98.6 Å². The van der Waals surface area contributed by atoms with E-state index in [1.165, 1.54) is 0 Å². The summed E-state index contributed by atoms with van der Waals surface area (Å²) in [6.45, 7) is 9.06. The van der Waals surface area contributed by atoms with E-state index in [0.29, 0.717) is 35.6 Å². The van der Waals surface area contributed by atoms with Gasteiger partial charge in [-0.25, -0.2) is 9.97 Å². The lowest BCUT2D eigenvalue weighted by Gasteiger charge is -2.34. The van der Waals surface area contributed by atoms with Crippen LogP contribution in [0.5, 0.6) is 11.5 Å². The number of piperazine rings is 1. The van der Waals surface area contributed by atoms with Crippen molar-refractivity contribution >= 4 is 40.5 Å². The van der Waals surface area contributed by atoms with Gasteiger partial charge in [-0.05, 0) is 85.6 Å². The number of fused-ring (bicyclic) bond motifs is 1. The Morgan fingerprint density at radius 1 is 0.714 bits per heavy atom. The van der Waals surface area contributed by atoms with Gasteiger partial charge in [0.15, 0.2) is 17.3 Å². The molecule has 5 aromatic rings. The van der Waals surface area contributed by atoms with E-state index in [4.69, 9.17) is 36.8 Å². The zero-order valence-electron chi connectivity index (χ0n) is 27.9. The maximum Gasteiger partial charge on any atom is 0.162 e. The van der Waals surface area contributed by atoms with Crippen LogP contribution in [0, 0.1) is 0 Å². The van der Waals surface area contributed by atoms with E-state index in [9.17, 15) is 0 Å². The third-order valence-electron chi connectivity index (χ3n) is 8.63. The number of hydrogen-bond donors (Lipinski definition) is 2. The lowest BCUT2D eigenvalue weighted by Crippen LogP contribution is -2.47. The molecule has 0 amide bonds. The highest BCUT2D eigenvalue weighted by Gasteiger charge is 2.16. The van der Waals surface area contributed by atoms with Gasteiger partial charge in [-0.1, -0.05) is 84.4 Å². The maximum atomic E-state index is 6.38. The summed E-state index contributed by atoms with van der Waals surface area (Å²) in [4.78, 5) is 14.8. The third-order valence-corrected chi connectivity index (χ3v) is 8.87. The summed E-state index contributed by atoms with van der Waals surface area (Å²) in [5.41, 5.74) is 9.61. The first-order valence-electron chi connectivity index (χ1n) is 17.1. The van der Waals surface area contributed by atoms with Crippen molar-refractivity contribution in [1.29, 1.82) is 0 Å². The number of rotatable bonds is 16. The predicted octanol–water partition coefficient (Wildman–Crippen LogP) is 7.38. The summed E-state index contributed by atoms with van der Waals surface area (Å²) in [5.74, 6) is 2.77. The average Bonchev–Trinajstić information content (AvgIpc) is 3.14. The fraction of sp³-hybridized carbons (Fsp3) is 0.300. The molecular formula is C40H45ClN6O2. The monoisotopic (exact) mass is 676 g/mol. The number of anilines is 1. The van der Waals surface area contributed by atoms with E-state index in [1.807, 2.05) is 84.9 Å². The summed E-state index contributed by atoms with van der Waals surface area (Å²) >= 11 is 6.38. The van der Waals surface area contributed by atoms with E-state index >= 15 is 0 Å². The molecule has 0 atom stereocenters. The Kier molecular flexibility index (Phi) is 12.5. The highest BCUT2D eigenvalue weighted by atomic mass is 35.5. The average molecular weight is 677 g/mol. The van der Waals surface area contributed by atoms with Crippen molar-refractivity contribution in [2.45, 2.75) is 26.1 Å². The highest BCUT2D eigenvalue weighted by molar-refractivity contribution is 6.31. The molecule has 1 aromatic heterocycles. The van der Waals surface area contributed by atoms with Crippen molar-refractivity contribution in [2.24, 2.45) is 5.73 Å². The van der Waals surface area contributed by atoms with Crippen LogP contribution in [0.1, 0.15) is 35.4 Å². The van der Waals surface area contributed by atoms with Crippen LogP contribution in [0.2, 0.25) is 5.02 Å². The van der Waals surface area contributed by atoms with Crippen molar-refractivity contribution < 1.29 is 9.47 Å². The van der Waals surface area contributed by atoms with Crippen LogP contribution in [0.4, 0.5) is 5.82 Å². The summed E-state index contributed by atoms with van der Waals surface area (Å²) < 4.78 is 12.5. The number of hydrogen-bond acceptors (Lipinski definition) is 8. The molecule has 6 rings (SSSR count). The molecule has 1 aliphatic heterocycles. The Morgan fingerprint density at radius 3 is 2.04 bits per heavy atom. The van der Waals surface area contributed by atoms with E-state index in [2.05, 4.69) is 39.4 Å². The molecular weight excluding hydrogens is 632 g/mol. The van der Waals surface area contributed by atoms with Gasteiger partial charge in [0.2, 0.25) is 0 Å². The second kappa shape index (κ2) is 17.8. The van der Waals surface area contributed by atoms with Crippen molar-refractivity contribution in [3.63, 3.8) is 0 Å². The van der Waals surface area contributed by atoms with Gasteiger partial charge in [0.1, 0.15) is 19.0 Å². The molecule has 1 fully saturated rings. The Labute approximate surface area is 294 Å². The second-order valence-electron chi connectivity index (χ2n) is 12.3. The van der Waals surface area contributed by atoms with Gasteiger partial charge in [-0.2, -0.15) is 0 Å². The van der Waals surface area contributed by atoms with Crippen LogP contribution in [-0.2, 0) is 13.2 Å². The lowest BCUT2D eigenvalue weighted by atomic mass is 10.1. The van der Waals surface area contributed by atoms with E-state index < -0.39 is 0 Å². The third kappa shape index (κ3) is 10.3. The summed E-state index contributed by atoms with van der Waals surface area (Å²) in [6.07, 6.45) is 6.02. The standard InChI is InChI=1S/C40H45ClN6O2/c41-34-15-16-35-36(28-34)44-39(45-40(35)43-20-8-22-47-25-23-46(24-26-47)21-7-19-42)18-14-31-13-17-37(48-29-32-9-3-1-4-10-32)38(27-31)49-30-33-11-5-2-6-12-33/h1-6,9-18,27-28H,7-8,19-26,29-30,42H2,(H,43,44,45). The molecule has 1 saturated heterocycles. The molecule has 254 valence electrons. The minimum absolute atomic E-state index is 0.435. The molecule has 8 nitrogen and oxygen atoms in total. The highest BCUT2D eigenvalue weighted by Crippen LogP contribution is 2.31. The Balaban J connectivity index is 1.14. The minimum atomic E-state index is 0.435. The van der Waals surface area contributed by atoms with Crippen molar-refractivity contribution in [2.75, 3.05) is 57.7 Å². The number of aromatic nitrogens is 2. The van der Waals surface area contributed by atoms with Gasteiger partial charge in [0.25, 0.3) is 0 Å². The molecule has 2 heterocycles. The summed E-state index contributed by atoms with van der Waals surface area (Å²) in [5, 5.41) is 5.18. The first-order chi connectivity index (χ1) is 24.1. The fourth-order valence-corrected chi connectivity index (χ4v) is 6.06. The van der Waals surface area contributed by atoms with Crippen LogP contribution in [0.3, 0.4) is 0 Å². The number of benzene rings is 4. The number of ether oxygens (including phenoxy) is 2. The molecule has 0 unspecified atom stereocenters. The smallest absolute Gasteiger partial charge is 0.162 e. The molecule has 1 aliphatic rings. The largest absolute Gasteiger partial charge is 0.485 e. The van der Waals surface area contributed by atoms with E-state index in [-0.39, 0.29) is 0 Å². The van der Waals surface area contributed by atoms with Crippen molar-refractivity contribution in [1.82, 2.24) is 19.8 Å². The molecule has 49 heavy (non-hydrogen) atoms. The molecule has 0 saturated carbocycles. The van der Waals surface area contributed by atoms with Gasteiger partial charge < -0.3 is 30.3 Å². The molecule has 4 aromatic carbocycles. The first kappa shape index (κ1) is 34.4. The van der Waals surface area contributed by atoms with Gasteiger partial charge in [-0.15, -0.1) is 0 Å². The fourth-order valence-electron chi connectivity index (χ4n) is 5.89. The SMILES string of the molecule is NCCCN1CCN(CCCNc2nc(C=Cc3ccc(OCc4ccccc4)c(OCc4ccccc4)c3)nc3cc(Cl)ccc23)CC1. The van der Waals surface area contributed by atoms with Crippen molar-refractivity contribution in [3.8, 4) is 11.5 Å². The van der Waals surface area contributed by atoms with Crippen LogP contribution >= 0.6 is 11.6 Å². The molecule has 0 spiro atoms. The summed E-state index contributed by atoms with van der Waals surface area (Å²) in [7, 11) is 0. The molecule has 9 heteroatoms. The zero-order valence-corrected chi connectivity index (χ0v) is 28.7. The second-order valence-corrected chi connectivity index (χ2v) is 12.7. The van der Waals surface area contributed by atoms with Gasteiger partial charge in [0, 0.05) is 43.1 Å². The number of halogens is 1. The van der Waals surface area contributed by atoms with Crippen molar-refractivity contribution in [3.05, 3.63) is 125 Å². The lowest BCUT2D eigenvalue weighted by molar-refractivity contribution is 0.132. The zero-order chi connectivity index (χ0) is 33.7. The van der Waals surface area contributed by atoms with Gasteiger partial charge in [-0.3, -0.25) is 0 Å². The Hall–Kier alpha value is -4.47. The Morgan fingerprint density at radius 2 is 1.37 bits per heavy atom. The molecule has 0 bridgehead atoms. The Bertz CT molecular complexity index is 1800. The predicted molar refractivity (Wildman–Crippen MR) is 201 cm³/mol. The van der Waals surface area contributed by atoms with Gasteiger partial charge in [0.05, 0.1) is 5.52 Å². The van der Waals surface area contributed by atoms with Crippen LogP contribution in [-0.4, -0.2) is 72.1 Å². The normalized spacial score (nSPS) is 14.0. The van der Waals surface area contributed by atoms with Gasteiger partial charge >= 0.3 is 0 Å². The molecule has 0 aliphatic carbocycles.